The maximum atomic E-state index is 12.1. The molecule has 0 aromatic heterocycles. The molecule has 5 nitrogen and oxygen atoms in total. The van der Waals surface area contributed by atoms with Gasteiger partial charge in [-0.05, 0) is 25.7 Å². The second-order valence-electron chi connectivity index (χ2n) is 5.59. The lowest BCUT2D eigenvalue weighted by atomic mass is 9.86. The van der Waals surface area contributed by atoms with E-state index in [1.54, 1.807) is 0 Å². The van der Waals surface area contributed by atoms with Gasteiger partial charge in [-0.25, -0.2) is 0 Å². The van der Waals surface area contributed by atoms with Crippen LogP contribution in [0.1, 0.15) is 38.5 Å². The molecule has 2 saturated heterocycles. The fraction of sp³-hybridized carbons (Fsp3) is 0.846. The average Bonchev–Trinajstić information content (AvgIpc) is 2.81. The summed E-state index contributed by atoms with van der Waals surface area (Å²) in [5.74, 6) is -0.359. The fourth-order valence-electron chi connectivity index (χ4n) is 3.27. The Labute approximate surface area is 106 Å². The lowest BCUT2D eigenvalue weighted by molar-refractivity contribution is -0.170. The van der Waals surface area contributed by atoms with E-state index in [1.165, 1.54) is 4.90 Å². The number of morpholine rings is 1. The minimum absolute atomic E-state index is 0.0455. The molecule has 4 unspecified atom stereocenters. The molecule has 3 rings (SSSR count). The van der Waals surface area contributed by atoms with Crippen molar-refractivity contribution in [3.63, 3.8) is 0 Å². The van der Waals surface area contributed by atoms with Gasteiger partial charge < -0.3 is 9.84 Å². The van der Waals surface area contributed by atoms with Crippen LogP contribution in [0.5, 0.6) is 0 Å². The zero-order chi connectivity index (χ0) is 12.7. The molecule has 0 aromatic carbocycles. The van der Waals surface area contributed by atoms with Crippen LogP contribution in [-0.2, 0) is 14.3 Å². The molecule has 2 aliphatic heterocycles. The standard InChI is InChI=1S/C13H19NO4/c15-9-4-2-1-3-8(9)7-14-12(16)10-5-6-11(18-10)13(14)17/h8-11,15H,1-7H2. The van der Waals surface area contributed by atoms with Crippen molar-refractivity contribution in [3.8, 4) is 0 Å². The monoisotopic (exact) mass is 253 g/mol. The van der Waals surface area contributed by atoms with Gasteiger partial charge in [0.25, 0.3) is 11.8 Å². The van der Waals surface area contributed by atoms with Gasteiger partial charge in [-0.1, -0.05) is 12.8 Å². The Balaban J connectivity index is 1.71. The predicted molar refractivity (Wildman–Crippen MR) is 62.6 cm³/mol. The first-order valence-corrected chi connectivity index (χ1v) is 6.85. The molecular weight excluding hydrogens is 234 g/mol. The molecule has 100 valence electrons. The number of imide groups is 1. The minimum atomic E-state index is -0.423. The van der Waals surface area contributed by atoms with Gasteiger partial charge in [-0.3, -0.25) is 14.5 Å². The number of aliphatic hydroxyl groups is 1. The third-order valence-electron chi connectivity index (χ3n) is 4.39. The van der Waals surface area contributed by atoms with Crippen LogP contribution in [0.2, 0.25) is 0 Å². The Bertz CT molecular complexity index is 348. The van der Waals surface area contributed by atoms with Crippen molar-refractivity contribution in [2.45, 2.75) is 56.8 Å². The first-order valence-electron chi connectivity index (χ1n) is 6.85. The van der Waals surface area contributed by atoms with Crippen LogP contribution in [0, 0.1) is 5.92 Å². The minimum Gasteiger partial charge on any atom is -0.393 e. The maximum absolute atomic E-state index is 12.1. The van der Waals surface area contributed by atoms with Gasteiger partial charge in [-0.15, -0.1) is 0 Å². The summed E-state index contributed by atoms with van der Waals surface area (Å²) in [5.41, 5.74) is 0. The Kier molecular flexibility index (Phi) is 3.11. The molecule has 1 N–H and O–H groups in total. The number of carbonyl (C=O) groups excluding carboxylic acids is 2. The summed E-state index contributed by atoms with van der Waals surface area (Å²) in [5, 5.41) is 9.94. The fourth-order valence-corrected chi connectivity index (χ4v) is 3.27. The molecule has 3 fully saturated rings. The Hall–Kier alpha value is -0.940. The van der Waals surface area contributed by atoms with E-state index in [9.17, 15) is 14.7 Å². The van der Waals surface area contributed by atoms with Crippen molar-refractivity contribution in [3.05, 3.63) is 0 Å². The third-order valence-corrected chi connectivity index (χ3v) is 4.39. The zero-order valence-corrected chi connectivity index (χ0v) is 10.4. The van der Waals surface area contributed by atoms with Crippen LogP contribution in [0.25, 0.3) is 0 Å². The summed E-state index contributed by atoms with van der Waals surface area (Å²) in [4.78, 5) is 25.5. The smallest absolute Gasteiger partial charge is 0.258 e. The number of ether oxygens (including phenoxy) is 1. The van der Waals surface area contributed by atoms with E-state index in [1.807, 2.05) is 0 Å². The van der Waals surface area contributed by atoms with E-state index in [0.29, 0.717) is 19.4 Å². The molecule has 0 radical (unpaired) electrons. The number of fused-ring (bicyclic) bond motifs is 2. The third kappa shape index (κ3) is 1.95. The van der Waals surface area contributed by atoms with Gasteiger partial charge in [0.1, 0.15) is 12.2 Å². The Morgan fingerprint density at radius 2 is 1.67 bits per heavy atom. The summed E-state index contributed by atoms with van der Waals surface area (Å²) >= 11 is 0. The van der Waals surface area contributed by atoms with Crippen LogP contribution < -0.4 is 0 Å². The molecule has 1 saturated carbocycles. The normalized spacial score (nSPS) is 40.4. The van der Waals surface area contributed by atoms with Crippen molar-refractivity contribution in [2.24, 2.45) is 5.92 Å². The van der Waals surface area contributed by atoms with E-state index in [0.717, 1.165) is 25.7 Å². The summed E-state index contributed by atoms with van der Waals surface area (Å²) in [7, 11) is 0. The number of nitrogens with zero attached hydrogens (tertiary/aromatic N) is 1. The summed E-state index contributed by atoms with van der Waals surface area (Å²) in [6, 6.07) is 0. The molecular formula is C13H19NO4. The van der Waals surface area contributed by atoms with Crippen LogP contribution in [-0.4, -0.2) is 46.7 Å². The molecule has 1 aliphatic carbocycles. The SMILES string of the molecule is O=C1C2CCC(O2)C(=O)N1CC1CCCCC1O. The van der Waals surface area contributed by atoms with Crippen LogP contribution in [0.4, 0.5) is 0 Å². The number of aliphatic hydroxyl groups excluding tert-OH is 1. The van der Waals surface area contributed by atoms with E-state index in [4.69, 9.17) is 4.74 Å². The highest BCUT2D eigenvalue weighted by molar-refractivity contribution is 6.02. The van der Waals surface area contributed by atoms with E-state index in [-0.39, 0.29) is 23.8 Å². The van der Waals surface area contributed by atoms with Gasteiger partial charge in [0.05, 0.1) is 6.10 Å². The molecule has 3 aliphatic rings. The number of carbonyl (C=O) groups is 2. The second kappa shape index (κ2) is 4.63. The summed E-state index contributed by atoms with van der Waals surface area (Å²) in [6.07, 6.45) is 3.87. The molecule has 2 heterocycles. The van der Waals surface area contributed by atoms with E-state index < -0.39 is 12.2 Å². The number of hydrogen-bond acceptors (Lipinski definition) is 4. The highest BCUT2D eigenvalue weighted by Gasteiger charge is 2.47. The largest absolute Gasteiger partial charge is 0.393 e. The van der Waals surface area contributed by atoms with Gasteiger partial charge in [-0.2, -0.15) is 0 Å². The molecule has 18 heavy (non-hydrogen) atoms. The molecule has 5 heteroatoms. The first-order chi connectivity index (χ1) is 8.66. The Morgan fingerprint density at radius 3 is 2.28 bits per heavy atom. The average molecular weight is 253 g/mol. The second-order valence-corrected chi connectivity index (χ2v) is 5.59. The van der Waals surface area contributed by atoms with E-state index in [2.05, 4.69) is 0 Å². The van der Waals surface area contributed by atoms with Gasteiger partial charge >= 0.3 is 0 Å². The van der Waals surface area contributed by atoms with Crippen LogP contribution >= 0.6 is 0 Å². The van der Waals surface area contributed by atoms with Gasteiger partial charge in [0.15, 0.2) is 0 Å². The molecule has 2 amide bonds. The first kappa shape index (κ1) is 12.1. The molecule has 0 aromatic rings. The number of amides is 2. The van der Waals surface area contributed by atoms with Crippen LogP contribution in [0.3, 0.4) is 0 Å². The summed E-state index contributed by atoms with van der Waals surface area (Å²) in [6.45, 7) is 0.370. The maximum Gasteiger partial charge on any atom is 0.258 e. The van der Waals surface area contributed by atoms with E-state index >= 15 is 0 Å². The lowest BCUT2D eigenvalue weighted by Crippen LogP contribution is -2.54. The topological polar surface area (TPSA) is 66.8 Å². The van der Waals surface area contributed by atoms with Crippen molar-refractivity contribution >= 4 is 11.8 Å². The lowest BCUT2D eigenvalue weighted by Gasteiger charge is -2.35. The highest BCUT2D eigenvalue weighted by Crippen LogP contribution is 2.31. The number of hydrogen-bond donors (Lipinski definition) is 1. The van der Waals surface area contributed by atoms with Crippen molar-refractivity contribution in [1.82, 2.24) is 4.90 Å². The highest BCUT2D eigenvalue weighted by atomic mass is 16.5. The predicted octanol–water partition coefficient (Wildman–Crippen LogP) is 0.454. The zero-order valence-electron chi connectivity index (χ0n) is 10.4. The van der Waals surface area contributed by atoms with Gasteiger partial charge in [0, 0.05) is 12.5 Å². The molecule has 2 bridgehead atoms. The molecule has 0 spiro atoms. The van der Waals surface area contributed by atoms with Crippen molar-refractivity contribution < 1.29 is 19.4 Å². The van der Waals surface area contributed by atoms with Crippen molar-refractivity contribution in [2.75, 3.05) is 6.54 Å². The number of rotatable bonds is 2. The van der Waals surface area contributed by atoms with Gasteiger partial charge in [0.2, 0.25) is 0 Å². The number of likely N-dealkylation sites (tertiary alicyclic amines) is 1. The molecule has 4 atom stereocenters. The van der Waals surface area contributed by atoms with Crippen molar-refractivity contribution in [1.29, 1.82) is 0 Å². The van der Waals surface area contributed by atoms with Crippen LogP contribution in [0.15, 0.2) is 0 Å². The Morgan fingerprint density at radius 1 is 1.06 bits per heavy atom. The quantitative estimate of drug-likeness (QED) is 0.726. The summed E-state index contributed by atoms with van der Waals surface area (Å²) < 4.78 is 5.36.